The molecule has 0 radical (unpaired) electrons. The van der Waals surface area contributed by atoms with E-state index in [-0.39, 0.29) is 18.1 Å². The van der Waals surface area contributed by atoms with Crippen LogP contribution in [-0.4, -0.2) is 40.4 Å². The van der Waals surface area contributed by atoms with Crippen molar-refractivity contribution in [2.24, 2.45) is 5.41 Å². The molecule has 0 bridgehead atoms. The number of aliphatic hydroxyl groups excluding tert-OH is 3. The van der Waals surface area contributed by atoms with Crippen LogP contribution in [0.5, 0.6) is 0 Å². The van der Waals surface area contributed by atoms with E-state index in [0.717, 1.165) is 12.8 Å². The maximum absolute atomic E-state index is 9.52. The average Bonchev–Trinajstić information content (AvgIpc) is 2.81. The van der Waals surface area contributed by atoms with Crippen molar-refractivity contribution in [3.63, 3.8) is 0 Å². The molecule has 2 fully saturated rings. The van der Waals surface area contributed by atoms with Gasteiger partial charge in [-0.3, -0.25) is 0 Å². The topological polar surface area (TPSA) is 69.9 Å². The molecule has 1 saturated heterocycles. The molecule has 0 aromatic rings. The molecule has 2 rings (SSSR count). The summed E-state index contributed by atoms with van der Waals surface area (Å²) in [5, 5.41) is 27.6. The third-order valence-electron chi connectivity index (χ3n) is 2.96. The lowest BCUT2D eigenvalue weighted by molar-refractivity contribution is -0.246. The first kappa shape index (κ1) is 8.44. The summed E-state index contributed by atoms with van der Waals surface area (Å²) in [4.78, 5) is 0. The Balaban J connectivity index is 2.06. The highest BCUT2D eigenvalue weighted by molar-refractivity contribution is 5.03. The molecule has 3 N–H and O–H groups in total. The van der Waals surface area contributed by atoms with Gasteiger partial charge in [0.25, 0.3) is 0 Å². The van der Waals surface area contributed by atoms with Crippen LogP contribution >= 0.6 is 0 Å². The van der Waals surface area contributed by atoms with E-state index in [9.17, 15) is 10.2 Å². The summed E-state index contributed by atoms with van der Waals surface area (Å²) in [6.45, 7) is -0.0778. The molecule has 1 aliphatic carbocycles. The molecule has 70 valence electrons. The van der Waals surface area contributed by atoms with Crippen molar-refractivity contribution < 1.29 is 20.1 Å². The van der Waals surface area contributed by atoms with Crippen LogP contribution in [0.25, 0.3) is 0 Å². The Labute approximate surface area is 70.8 Å². The molecule has 0 unspecified atom stereocenters. The van der Waals surface area contributed by atoms with Gasteiger partial charge in [-0.2, -0.15) is 0 Å². The molecule has 4 heteroatoms. The Morgan fingerprint density at radius 3 is 2.50 bits per heavy atom. The van der Waals surface area contributed by atoms with E-state index in [1.54, 1.807) is 0 Å². The molecule has 1 saturated carbocycles. The standard InChI is InChI=1S/C8H14O4/c9-4-5-3-8(1-2-8)6(10)7(11)12-5/h5-7,9-11H,1-4H2/t5-,6-,7+/m0/s1. The molecule has 12 heavy (non-hydrogen) atoms. The van der Waals surface area contributed by atoms with E-state index >= 15 is 0 Å². The minimum absolute atomic E-state index is 0.0778. The Hall–Kier alpha value is -0.160. The van der Waals surface area contributed by atoms with Gasteiger partial charge >= 0.3 is 0 Å². The van der Waals surface area contributed by atoms with Crippen LogP contribution in [0.3, 0.4) is 0 Å². The molecular weight excluding hydrogens is 160 g/mol. The van der Waals surface area contributed by atoms with Gasteiger partial charge in [-0.25, -0.2) is 0 Å². The van der Waals surface area contributed by atoms with Crippen LogP contribution in [0.4, 0.5) is 0 Å². The van der Waals surface area contributed by atoms with Crippen molar-refractivity contribution >= 4 is 0 Å². The lowest BCUT2D eigenvalue weighted by atomic mass is 9.89. The number of ether oxygens (including phenoxy) is 1. The monoisotopic (exact) mass is 174 g/mol. The highest BCUT2D eigenvalue weighted by Gasteiger charge is 2.56. The largest absolute Gasteiger partial charge is 0.394 e. The highest BCUT2D eigenvalue weighted by Crippen LogP contribution is 2.55. The summed E-state index contributed by atoms with van der Waals surface area (Å²) in [6.07, 6.45) is 0.363. The number of aliphatic hydroxyl groups is 3. The van der Waals surface area contributed by atoms with Crippen LogP contribution in [0.15, 0.2) is 0 Å². The molecule has 0 amide bonds. The zero-order valence-corrected chi connectivity index (χ0v) is 6.81. The molecule has 1 spiro atoms. The molecule has 0 aromatic heterocycles. The zero-order valence-electron chi connectivity index (χ0n) is 6.81. The molecule has 1 aliphatic heterocycles. The summed E-state index contributed by atoms with van der Waals surface area (Å²) >= 11 is 0. The van der Waals surface area contributed by atoms with E-state index in [1.165, 1.54) is 0 Å². The SMILES string of the molecule is OC[C@@H]1CC2(CC2)[C@@H](O)[C@H](O)O1. The predicted molar refractivity (Wildman–Crippen MR) is 40.3 cm³/mol. The smallest absolute Gasteiger partial charge is 0.181 e. The van der Waals surface area contributed by atoms with Gasteiger partial charge in [0.2, 0.25) is 0 Å². The first-order chi connectivity index (χ1) is 5.68. The molecule has 1 heterocycles. The van der Waals surface area contributed by atoms with Crippen molar-refractivity contribution in [1.82, 2.24) is 0 Å². The fourth-order valence-corrected chi connectivity index (χ4v) is 1.96. The van der Waals surface area contributed by atoms with Crippen molar-refractivity contribution in [3.8, 4) is 0 Å². The van der Waals surface area contributed by atoms with Crippen LogP contribution < -0.4 is 0 Å². The first-order valence-corrected chi connectivity index (χ1v) is 4.30. The lowest BCUT2D eigenvalue weighted by Crippen LogP contribution is -2.47. The normalized spacial score (nSPS) is 44.8. The third kappa shape index (κ3) is 1.15. The second-order valence-electron chi connectivity index (χ2n) is 3.84. The van der Waals surface area contributed by atoms with Crippen molar-refractivity contribution in [1.29, 1.82) is 0 Å². The van der Waals surface area contributed by atoms with Crippen LogP contribution in [-0.2, 0) is 4.74 Å². The minimum Gasteiger partial charge on any atom is -0.394 e. The van der Waals surface area contributed by atoms with Gasteiger partial charge in [0.05, 0.1) is 12.7 Å². The molecule has 4 nitrogen and oxygen atoms in total. The van der Waals surface area contributed by atoms with Gasteiger partial charge in [0.1, 0.15) is 6.10 Å². The van der Waals surface area contributed by atoms with Crippen molar-refractivity contribution in [2.75, 3.05) is 6.61 Å². The zero-order chi connectivity index (χ0) is 8.77. The summed E-state index contributed by atoms with van der Waals surface area (Å²) in [7, 11) is 0. The summed E-state index contributed by atoms with van der Waals surface area (Å²) in [5.74, 6) is 0. The maximum atomic E-state index is 9.52. The fourth-order valence-electron chi connectivity index (χ4n) is 1.96. The molecule has 2 aliphatic rings. The number of hydrogen-bond donors (Lipinski definition) is 3. The highest BCUT2D eigenvalue weighted by atomic mass is 16.6. The van der Waals surface area contributed by atoms with Gasteiger partial charge in [0.15, 0.2) is 6.29 Å². The Kier molecular flexibility index (Phi) is 1.88. The fraction of sp³-hybridized carbons (Fsp3) is 1.00. The van der Waals surface area contributed by atoms with Crippen molar-refractivity contribution in [3.05, 3.63) is 0 Å². The minimum atomic E-state index is -1.11. The number of rotatable bonds is 1. The predicted octanol–water partition coefficient (Wildman–Crippen LogP) is -0.773. The van der Waals surface area contributed by atoms with Gasteiger partial charge < -0.3 is 20.1 Å². The first-order valence-electron chi connectivity index (χ1n) is 4.30. The Morgan fingerprint density at radius 2 is 2.00 bits per heavy atom. The summed E-state index contributed by atoms with van der Waals surface area (Å²) in [5.41, 5.74) is -0.148. The summed E-state index contributed by atoms with van der Waals surface area (Å²) < 4.78 is 4.98. The van der Waals surface area contributed by atoms with E-state index in [2.05, 4.69) is 0 Å². The van der Waals surface area contributed by atoms with Crippen LogP contribution in [0.2, 0.25) is 0 Å². The lowest BCUT2D eigenvalue weighted by Gasteiger charge is -2.36. The quantitative estimate of drug-likeness (QED) is 0.488. The third-order valence-corrected chi connectivity index (χ3v) is 2.96. The van der Waals surface area contributed by atoms with E-state index in [4.69, 9.17) is 9.84 Å². The Bertz CT molecular complexity index is 178. The summed E-state index contributed by atoms with van der Waals surface area (Å²) in [6, 6.07) is 0. The molecular formula is C8H14O4. The van der Waals surface area contributed by atoms with Crippen LogP contribution in [0.1, 0.15) is 19.3 Å². The van der Waals surface area contributed by atoms with Gasteiger partial charge in [-0.1, -0.05) is 0 Å². The van der Waals surface area contributed by atoms with Crippen molar-refractivity contribution in [2.45, 2.75) is 37.8 Å². The van der Waals surface area contributed by atoms with E-state index < -0.39 is 12.4 Å². The van der Waals surface area contributed by atoms with E-state index in [0.29, 0.717) is 6.42 Å². The van der Waals surface area contributed by atoms with Crippen LogP contribution in [0, 0.1) is 5.41 Å². The van der Waals surface area contributed by atoms with Gasteiger partial charge in [-0.15, -0.1) is 0 Å². The van der Waals surface area contributed by atoms with Gasteiger partial charge in [0, 0.05) is 5.41 Å². The second-order valence-corrected chi connectivity index (χ2v) is 3.84. The number of hydrogen-bond acceptors (Lipinski definition) is 4. The maximum Gasteiger partial charge on any atom is 0.181 e. The van der Waals surface area contributed by atoms with Gasteiger partial charge in [-0.05, 0) is 19.3 Å². The van der Waals surface area contributed by atoms with E-state index in [1.807, 2.05) is 0 Å². The Morgan fingerprint density at radius 1 is 1.33 bits per heavy atom. The molecule has 0 aromatic carbocycles. The average molecular weight is 174 g/mol. The molecule has 3 atom stereocenters. The second kappa shape index (κ2) is 2.67.